The van der Waals surface area contributed by atoms with E-state index in [1.807, 2.05) is 15.2 Å². The van der Waals surface area contributed by atoms with Gasteiger partial charge in [0.15, 0.2) is 0 Å². The number of hydrogen-bond acceptors (Lipinski definition) is 4. The molecule has 132 valence electrons. The van der Waals surface area contributed by atoms with Crippen LogP contribution in [0.15, 0.2) is 10.9 Å². The van der Waals surface area contributed by atoms with E-state index in [1.54, 1.807) is 5.51 Å². The van der Waals surface area contributed by atoms with Crippen LogP contribution in [0.2, 0.25) is 0 Å². The summed E-state index contributed by atoms with van der Waals surface area (Å²) >= 11 is 1.46. The van der Waals surface area contributed by atoms with Gasteiger partial charge in [0, 0.05) is 43.4 Å². The summed E-state index contributed by atoms with van der Waals surface area (Å²) < 4.78 is 0. The van der Waals surface area contributed by atoms with Gasteiger partial charge in [-0.3, -0.25) is 9.59 Å². The van der Waals surface area contributed by atoms with E-state index >= 15 is 0 Å². The van der Waals surface area contributed by atoms with Gasteiger partial charge in [0.1, 0.15) is 5.69 Å². The minimum absolute atomic E-state index is 0.0426. The molecule has 1 spiro atoms. The normalized spacial score (nSPS) is 24.9. The molecule has 0 bridgehead atoms. The Balaban J connectivity index is 1.68. The lowest BCUT2D eigenvalue weighted by atomic mass is 9.73. The number of piperidine rings is 2. The third-order valence-electron chi connectivity index (χ3n) is 5.32. The van der Waals surface area contributed by atoms with Crippen molar-refractivity contribution in [3.63, 3.8) is 0 Å². The van der Waals surface area contributed by atoms with E-state index in [9.17, 15) is 9.59 Å². The lowest BCUT2D eigenvalue weighted by molar-refractivity contribution is -0.139. The van der Waals surface area contributed by atoms with Gasteiger partial charge in [-0.15, -0.1) is 11.3 Å². The number of rotatable bonds is 4. The quantitative estimate of drug-likeness (QED) is 0.839. The summed E-state index contributed by atoms with van der Waals surface area (Å²) in [6, 6.07) is 0. The van der Waals surface area contributed by atoms with E-state index in [-0.39, 0.29) is 17.2 Å². The highest BCUT2D eigenvalue weighted by Gasteiger charge is 2.42. The first-order valence-corrected chi connectivity index (χ1v) is 9.89. The number of aromatic nitrogens is 1. The largest absolute Gasteiger partial charge is 0.342 e. The van der Waals surface area contributed by atoms with Gasteiger partial charge < -0.3 is 9.80 Å². The van der Waals surface area contributed by atoms with Crippen molar-refractivity contribution in [3.05, 3.63) is 16.6 Å². The summed E-state index contributed by atoms with van der Waals surface area (Å²) in [6.07, 6.45) is 4.70. The summed E-state index contributed by atoms with van der Waals surface area (Å²) in [4.78, 5) is 33.1. The van der Waals surface area contributed by atoms with Gasteiger partial charge in [-0.1, -0.05) is 13.8 Å². The van der Waals surface area contributed by atoms with E-state index in [4.69, 9.17) is 0 Å². The van der Waals surface area contributed by atoms with E-state index < -0.39 is 0 Å². The van der Waals surface area contributed by atoms with Crippen LogP contribution < -0.4 is 0 Å². The predicted molar refractivity (Wildman–Crippen MR) is 95.0 cm³/mol. The topological polar surface area (TPSA) is 53.5 Å². The molecule has 2 fully saturated rings. The molecule has 0 aromatic carbocycles. The van der Waals surface area contributed by atoms with Crippen molar-refractivity contribution in [2.45, 2.75) is 46.0 Å². The number of carbonyl (C=O) groups excluding carboxylic acids is 2. The van der Waals surface area contributed by atoms with E-state index in [1.165, 1.54) is 11.3 Å². The Morgan fingerprint density at radius 3 is 2.92 bits per heavy atom. The standard InChI is InChI=1S/C18H27N3O2S/c1-14(2)5-9-20-11-18(7-4-16(20)22)6-3-8-21(12-18)17(23)15-10-24-13-19-15/h10,13-14H,3-9,11-12H2,1-2H3. The maximum absolute atomic E-state index is 12.6. The molecule has 2 aliphatic rings. The highest BCUT2D eigenvalue weighted by atomic mass is 32.1. The monoisotopic (exact) mass is 349 g/mol. The SMILES string of the molecule is CC(C)CCN1CC2(CCCN(C(=O)c3cscn3)C2)CCC1=O. The van der Waals surface area contributed by atoms with Crippen molar-refractivity contribution in [1.82, 2.24) is 14.8 Å². The summed E-state index contributed by atoms with van der Waals surface area (Å²) in [5, 5.41) is 1.82. The molecule has 5 nitrogen and oxygen atoms in total. The molecule has 3 heterocycles. The van der Waals surface area contributed by atoms with Crippen LogP contribution in [0.4, 0.5) is 0 Å². The number of hydrogen-bond donors (Lipinski definition) is 0. The Morgan fingerprint density at radius 2 is 2.21 bits per heavy atom. The smallest absolute Gasteiger partial charge is 0.273 e. The van der Waals surface area contributed by atoms with Gasteiger partial charge in [-0.2, -0.15) is 0 Å². The van der Waals surface area contributed by atoms with Gasteiger partial charge in [0.05, 0.1) is 5.51 Å². The predicted octanol–water partition coefficient (Wildman–Crippen LogP) is 3.03. The maximum Gasteiger partial charge on any atom is 0.273 e. The number of nitrogens with zero attached hydrogens (tertiary/aromatic N) is 3. The van der Waals surface area contributed by atoms with Crippen molar-refractivity contribution >= 4 is 23.2 Å². The van der Waals surface area contributed by atoms with Crippen LogP contribution in [-0.2, 0) is 4.79 Å². The lowest BCUT2D eigenvalue weighted by Gasteiger charge is -2.48. The molecule has 3 rings (SSSR count). The fraction of sp³-hybridized carbons (Fsp3) is 0.722. The maximum atomic E-state index is 12.6. The van der Waals surface area contributed by atoms with Gasteiger partial charge in [0.25, 0.3) is 5.91 Å². The van der Waals surface area contributed by atoms with Crippen LogP contribution in [0.3, 0.4) is 0 Å². The average molecular weight is 350 g/mol. The summed E-state index contributed by atoms with van der Waals surface area (Å²) in [5.74, 6) is 0.926. The molecule has 24 heavy (non-hydrogen) atoms. The van der Waals surface area contributed by atoms with Gasteiger partial charge in [-0.25, -0.2) is 4.98 Å². The second-order valence-electron chi connectivity index (χ2n) is 7.70. The van der Waals surface area contributed by atoms with Crippen LogP contribution in [0.5, 0.6) is 0 Å². The summed E-state index contributed by atoms with van der Waals surface area (Å²) in [5.41, 5.74) is 2.34. The zero-order valence-corrected chi connectivity index (χ0v) is 15.5. The molecule has 2 amide bonds. The Morgan fingerprint density at radius 1 is 1.38 bits per heavy atom. The number of amides is 2. The van der Waals surface area contributed by atoms with Crippen LogP contribution in [0.1, 0.15) is 56.4 Å². The second-order valence-corrected chi connectivity index (χ2v) is 8.42. The number of carbonyl (C=O) groups is 2. The van der Waals surface area contributed by atoms with Crippen LogP contribution >= 0.6 is 11.3 Å². The third kappa shape index (κ3) is 3.79. The Bertz CT molecular complexity index is 587. The summed E-state index contributed by atoms with van der Waals surface area (Å²) in [7, 11) is 0. The minimum Gasteiger partial charge on any atom is -0.342 e. The highest BCUT2D eigenvalue weighted by Crippen LogP contribution is 2.39. The molecule has 2 aliphatic heterocycles. The van der Waals surface area contributed by atoms with Gasteiger partial charge in [0.2, 0.25) is 5.91 Å². The Kier molecular flexibility index (Phi) is 5.23. The first-order chi connectivity index (χ1) is 11.5. The second kappa shape index (κ2) is 7.21. The van der Waals surface area contributed by atoms with E-state index in [2.05, 4.69) is 18.8 Å². The van der Waals surface area contributed by atoms with Crippen LogP contribution in [0, 0.1) is 11.3 Å². The lowest BCUT2D eigenvalue weighted by Crippen LogP contribution is -2.55. The fourth-order valence-electron chi connectivity index (χ4n) is 3.91. The molecule has 6 heteroatoms. The van der Waals surface area contributed by atoms with Crippen molar-refractivity contribution in [1.29, 1.82) is 0 Å². The van der Waals surface area contributed by atoms with E-state index in [0.29, 0.717) is 18.0 Å². The molecule has 0 N–H and O–H groups in total. The van der Waals surface area contributed by atoms with Crippen molar-refractivity contribution in [2.24, 2.45) is 11.3 Å². The zero-order chi connectivity index (χ0) is 17.2. The fourth-order valence-corrected chi connectivity index (χ4v) is 4.44. The first kappa shape index (κ1) is 17.4. The minimum atomic E-state index is 0.0426. The molecular formula is C18H27N3O2S. The third-order valence-corrected chi connectivity index (χ3v) is 5.91. The van der Waals surface area contributed by atoms with Gasteiger partial charge in [-0.05, 0) is 31.6 Å². The molecule has 1 unspecified atom stereocenters. The van der Waals surface area contributed by atoms with E-state index in [0.717, 1.165) is 51.9 Å². The molecule has 0 saturated carbocycles. The van der Waals surface area contributed by atoms with Crippen LogP contribution in [-0.4, -0.2) is 52.8 Å². The zero-order valence-electron chi connectivity index (χ0n) is 14.7. The molecule has 0 radical (unpaired) electrons. The molecule has 2 saturated heterocycles. The van der Waals surface area contributed by atoms with Crippen molar-refractivity contribution in [2.75, 3.05) is 26.2 Å². The molecule has 1 aromatic rings. The molecule has 1 aromatic heterocycles. The Labute approximate surface area is 148 Å². The molecule has 0 aliphatic carbocycles. The van der Waals surface area contributed by atoms with Crippen molar-refractivity contribution < 1.29 is 9.59 Å². The van der Waals surface area contributed by atoms with Crippen molar-refractivity contribution in [3.8, 4) is 0 Å². The van der Waals surface area contributed by atoms with Gasteiger partial charge >= 0.3 is 0 Å². The summed E-state index contributed by atoms with van der Waals surface area (Å²) in [6.45, 7) is 7.60. The Hall–Kier alpha value is -1.43. The van der Waals surface area contributed by atoms with Crippen LogP contribution in [0.25, 0.3) is 0 Å². The number of likely N-dealkylation sites (tertiary alicyclic amines) is 2. The number of thiazole rings is 1. The average Bonchev–Trinajstić information content (AvgIpc) is 3.10. The molecular weight excluding hydrogens is 322 g/mol. The first-order valence-electron chi connectivity index (χ1n) is 8.94. The molecule has 1 atom stereocenters. The highest BCUT2D eigenvalue weighted by molar-refractivity contribution is 7.07.